The van der Waals surface area contributed by atoms with Crippen molar-refractivity contribution in [2.24, 2.45) is 0 Å². The molecule has 0 saturated carbocycles. The molecule has 2 heterocycles. The van der Waals surface area contributed by atoms with Crippen molar-refractivity contribution in [3.05, 3.63) is 29.8 Å². The molecule has 1 saturated heterocycles. The van der Waals surface area contributed by atoms with Crippen molar-refractivity contribution in [3.8, 4) is 5.75 Å². The molecule has 0 radical (unpaired) electrons. The van der Waals surface area contributed by atoms with Gasteiger partial charge in [-0.15, -0.1) is 0 Å². The average Bonchev–Trinajstić information content (AvgIpc) is 2.98. The highest BCUT2D eigenvalue weighted by molar-refractivity contribution is 5.39. The molecular formula is C15H22N2O. The molecule has 2 aliphatic rings. The number of fused-ring (bicyclic) bond motifs is 1. The summed E-state index contributed by atoms with van der Waals surface area (Å²) in [5.74, 6) is 1.05. The molecule has 0 bridgehead atoms. The first-order chi connectivity index (χ1) is 8.74. The third-order valence-electron chi connectivity index (χ3n) is 4.09. The van der Waals surface area contributed by atoms with E-state index in [4.69, 9.17) is 4.74 Å². The lowest BCUT2D eigenvalue weighted by molar-refractivity contribution is 0.258. The summed E-state index contributed by atoms with van der Waals surface area (Å²) in [7, 11) is 0. The van der Waals surface area contributed by atoms with Gasteiger partial charge in [-0.3, -0.25) is 4.90 Å². The van der Waals surface area contributed by atoms with Crippen molar-refractivity contribution in [1.82, 2.24) is 10.2 Å². The molecule has 0 amide bonds. The Morgan fingerprint density at radius 3 is 2.94 bits per heavy atom. The Hall–Kier alpha value is -1.06. The zero-order valence-electron chi connectivity index (χ0n) is 11.2. The molecule has 3 rings (SSSR count). The summed E-state index contributed by atoms with van der Waals surface area (Å²) in [6.45, 7) is 7.70. The molecule has 1 aromatic rings. The monoisotopic (exact) mass is 246 g/mol. The summed E-state index contributed by atoms with van der Waals surface area (Å²) in [5, 5.41) is 3.75. The minimum atomic E-state index is 0.373. The number of hydrogen-bond acceptors (Lipinski definition) is 3. The van der Waals surface area contributed by atoms with Crippen LogP contribution in [0.25, 0.3) is 0 Å². The largest absolute Gasteiger partial charge is 0.491 e. The lowest BCUT2D eigenvalue weighted by atomic mass is 10.1. The second-order valence-electron chi connectivity index (χ2n) is 5.64. The number of nitrogens with one attached hydrogen (secondary N) is 1. The van der Waals surface area contributed by atoms with Gasteiger partial charge in [0.2, 0.25) is 0 Å². The van der Waals surface area contributed by atoms with Gasteiger partial charge in [0.15, 0.2) is 0 Å². The number of ether oxygens (including phenoxy) is 1. The molecule has 0 aliphatic carbocycles. The van der Waals surface area contributed by atoms with Gasteiger partial charge in [-0.05, 0) is 32.9 Å². The van der Waals surface area contributed by atoms with E-state index < -0.39 is 0 Å². The normalized spacial score (nSPS) is 27.5. The first-order valence-corrected chi connectivity index (χ1v) is 6.96. The van der Waals surface area contributed by atoms with E-state index in [-0.39, 0.29) is 0 Å². The summed E-state index contributed by atoms with van der Waals surface area (Å²) in [6.07, 6.45) is 1.25. The number of rotatable bonds is 3. The average molecular weight is 246 g/mol. The van der Waals surface area contributed by atoms with E-state index in [9.17, 15) is 0 Å². The summed E-state index contributed by atoms with van der Waals surface area (Å²) in [5.41, 5.74) is 1.32. The standard InChI is InChI=1S/C15H22N2O/c1-11(2)17-8-7-12(9-17)16-14-10-18-15-6-4-3-5-13(14)15/h3-6,11-12,14,16H,7-10H2,1-2H3. The molecule has 3 nitrogen and oxygen atoms in total. The van der Waals surface area contributed by atoms with Crippen LogP contribution in [0.2, 0.25) is 0 Å². The maximum absolute atomic E-state index is 5.72. The molecule has 2 aliphatic heterocycles. The Kier molecular flexibility index (Phi) is 3.27. The smallest absolute Gasteiger partial charge is 0.124 e. The molecule has 2 unspecified atom stereocenters. The van der Waals surface area contributed by atoms with Crippen LogP contribution in [0.5, 0.6) is 5.75 Å². The Balaban J connectivity index is 1.62. The van der Waals surface area contributed by atoms with Crippen LogP contribution in [-0.2, 0) is 0 Å². The topological polar surface area (TPSA) is 24.5 Å². The molecule has 1 fully saturated rings. The van der Waals surface area contributed by atoms with E-state index >= 15 is 0 Å². The molecule has 98 valence electrons. The summed E-state index contributed by atoms with van der Waals surface area (Å²) < 4.78 is 5.72. The van der Waals surface area contributed by atoms with Crippen molar-refractivity contribution < 1.29 is 4.74 Å². The Bertz CT molecular complexity index is 419. The first-order valence-electron chi connectivity index (χ1n) is 6.96. The van der Waals surface area contributed by atoms with Crippen molar-refractivity contribution in [2.45, 2.75) is 38.4 Å². The van der Waals surface area contributed by atoms with Crippen LogP contribution in [0.4, 0.5) is 0 Å². The Labute approximate surface area is 109 Å². The minimum Gasteiger partial charge on any atom is -0.491 e. The van der Waals surface area contributed by atoms with E-state index in [2.05, 4.69) is 42.3 Å². The fourth-order valence-electron chi connectivity index (χ4n) is 2.98. The van der Waals surface area contributed by atoms with E-state index in [0.29, 0.717) is 18.1 Å². The van der Waals surface area contributed by atoms with Gasteiger partial charge in [-0.1, -0.05) is 18.2 Å². The van der Waals surface area contributed by atoms with Crippen LogP contribution in [-0.4, -0.2) is 36.7 Å². The minimum absolute atomic E-state index is 0.373. The van der Waals surface area contributed by atoms with Gasteiger partial charge in [0.25, 0.3) is 0 Å². The summed E-state index contributed by atoms with van der Waals surface area (Å²) in [6, 6.07) is 10.0. The van der Waals surface area contributed by atoms with E-state index in [0.717, 1.165) is 18.9 Å². The third-order valence-corrected chi connectivity index (χ3v) is 4.09. The zero-order chi connectivity index (χ0) is 12.5. The van der Waals surface area contributed by atoms with Crippen LogP contribution in [0.3, 0.4) is 0 Å². The highest BCUT2D eigenvalue weighted by Gasteiger charge is 2.30. The van der Waals surface area contributed by atoms with Gasteiger partial charge in [0.1, 0.15) is 12.4 Å². The molecule has 0 aromatic heterocycles. The predicted octanol–water partition coefficient (Wildman–Crippen LogP) is 2.19. The van der Waals surface area contributed by atoms with E-state index in [1.54, 1.807) is 0 Å². The summed E-state index contributed by atoms with van der Waals surface area (Å²) in [4.78, 5) is 2.54. The van der Waals surface area contributed by atoms with Crippen LogP contribution < -0.4 is 10.1 Å². The quantitative estimate of drug-likeness (QED) is 0.885. The molecular weight excluding hydrogens is 224 g/mol. The number of nitrogens with zero attached hydrogens (tertiary/aromatic N) is 1. The highest BCUT2D eigenvalue weighted by Crippen LogP contribution is 2.32. The van der Waals surface area contributed by atoms with Crippen LogP contribution in [0, 0.1) is 0 Å². The molecule has 0 spiro atoms. The maximum Gasteiger partial charge on any atom is 0.124 e. The molecule has 2 atom stereocenters. The van der Waals surface area contributed by atoms with E-state index in [1.807, 2.05) is 6.07 Å². The number of hydrogen-bond donors (Lipinski definition) is 1. The van der Waals surface area contributed by atoms with Crippen molar-refractivity contribution in [2.75, 3.05) is 19.7 Å². The fraction of sp³-hybridized carbons (Fsp3) is 0.600. The molecule has 1 aromatic carbocycles. The Morgan fingerprint density at radius 2 is 2.17 bits per heavy atom. The number of benzene rings is 1. The number of para-hydroxylation sites is 1. The van der Waals surface area contributed by atoms with Crippen LogP contribution >= 0.6 is 0 Å². The molecule has 1 N–H and O–H groups in total. The second kappa shape index (κ2) is 4.90. The molecule has 3 heteroatoms. The van der Waals surface area contributed by atoms with Crippen molar-refractivity contribution in [1.29, 1.82) is 0 Å². The van der Waals surface area contributed by atoms with Gasteiger partial charge < -0.3 is 10.1 Å². The highest BCUT2D eigenvalue weighted by atomic mass is 16.5. The van der Waals surface area contributed by atoms with Crippen LogP contribution in [0.1, 0.15) is 31.9 Å². The SMILES string of the molecule is CC(C)N1CCC(NC2COc3ccccc32)C1. The second-order valence-corrected chi connectivity index (χ2v) is 5.64. The molecule has 18 heavy (non-hydrogen) atoms. The summed E-state index contributed by atoms with van der Waals surface area (Å²) >= 11 is 0. The maximum atomic E-state index is 5.72. The van der Waals surface area contributed by atoms with E-state index in [1.165, 1.54) is 18.5 Å². The zero-order valence-corrected chi connectivity index (χ0v) is 11.2. The van der Waals surface area contributed by atoms with Gasteiger partial charge in [-0.25, -0.2) is 0 Å². The Morgan fingerprint density at radius 1 is 1.33 bits per heavy atom. The van der Waals surface area contributed by atoms with Gasteiger partial charge in [0.05, 0.1) is 6.04 Å². The first kappa shape index (κ1) is 12.0. The third kappa shape index (κ3) is 2.25. The predicted molar refractivity (Wildman–Crippen MR) is 72.9 cm³/mol. The van der Waals surface area contributed by atoms with Crippen LogP contribution in [0.15, 0.2) is 24.3 Å². The van der Waals surface area contributed by atoms with Gasteiger partial charge in [0, 0.05) is 24.2 Å². The van der Waals surface area contributed by atoms with Gasteiger partial charge >= 0.3 is 0 Å². The van der Waals surface area contributed by atoms with Gasteiger partial charge in [-0.2, -0.15) is 0 Å². The lowest BCUT2D eigenvalue weighted by Crippen LogP contribution is -2.37. The fourth-order valence-corrected chi connectivity index (χ4v) is 2.98. The van der Waals surface area contributed by atoms with Crippen molar-refractivity contribution in [3.63, 3.8) is 0 Å². The lowest BCUT2D eigenvalue weighted by Gasteiger charge is -2.22. The number of likely N-dealkylation sites (tertiary alicyclic amines) is 1. The van der Waals surface area contributed by atoms with Crippen molar-refractivity contribution >= 4 is 0 Å².